The molecule has 0 saturated heterocycles. The van der Waals surface area contributed by atoms with Crippen molar-refractivity contribution in [2.45, 2.75) is 148 Å². The van der Waals surface area contributed by atoms with E-state index >= 15 is 0 Å². The Bertz CT molecular complexity index is 4040. The van der Waals surface area contributed by atoms with Gasteiger partial charge in [0.05, 0.1) is 5.69 Å². The molecule has 2 aliphatic heterocycles. The Hall–Kier alpha value is -7.36. The molecule has 0 aromatic heterocycles. The van der Waals surface area contributed by atoms with Crippen LogP contribution in [0.2, 0.25) is 0 Å². The van der Waals surface area contributed by atoms with Crippen LogP contribution in [0.25, 0.3) is 22.3 Å². The first-order valence-electron chi connectivity index (χ1n) is 31.0. The Morgan fingerprint density at radius 1 is 0.375 bits per heavy atom. The van der Waals surface area contributed by atoms with Crippen molar-refractivity contribution in [2.75, 3.05) is 9.80 Å². The van der Waals surface area contributed by atoms with Crippen molar-refractivity contribution in [2.24, 2.45) is 0 Å². The molecule has 3 heteroatoms. The Labute approximate surface area is 483 Å². The lowest BCUT2D eigenvalue weighted by Gasteiger charge is -2.48. The van der Waals surface area contributed by atoms with Crippen LogP contribution in [0.4, 0.5) is 34.1 Å². The molecule has 0 saturated carbocycles. The summed E-state index contributed by atoms with van der Waals surface area (Å²) in [5.74, 6) is 0. The van der Waals surface area contributed by atoms with E-state index in [1.807, 2.05) is 12.1 Å². The van der Waals surface area contributed by atoms with Crippen LogP contribution >= 0.6 is 0 Å². The predicted molar refractivity (Wildman–Crippen MR) is 344 cm³/mol. The zero-order valence-electron chi connectivity index (χ0n) is 52.3. The van der Waals surface area contributed by atoms with E-state index in [9.17, 15) is 4.11 Å². The van der Waals surface area contributed by atoms with E-state index in [2.05, 4.69) is 275 Å². The molecule has 4 aliphatic rings. The van der Waals surface area contributed by atoms with Crippen LogP contribution in [-0.2, 0) is 32.5 Å². The molecule has 0 radical (unpaired) electrons. The van der Waals surface area contributed by atoms with Gasteiger partial charge in [0.25, 0.3) is 6.71 Å². The second-order valence-electron chi connectivity index (χ2n) is 27.7. The van der Waals surface area contributed by atoms with E-state index in [1.54, 1.807) is 0 Å². The second kappa shape index (κ2) is 18.3. The molecule has 13 rings (SSSR count). The number of hydrogen-bond donors (Lipinski definition) is 0. The SMILES string of the molecule is [2H]C([2H])([2H])c1cc2c3c(c1)N(c1ccc(C(C)(C)c4ccccc4)cc1-c1ccccc1-c1ccccc1)c1cc(C(C)(C)c4ccccc4)ccc1B3c1cc3c(cc1N2c1ccc2c(c1)C(C)(C)CCC2(C)C)C(C)(C)CCC3(C)C. The van der Waals surface area contributed by atoms with Gasteiger partial charge in [-0.05, 0) is 186 Å². The van der Waals surface area contributed by atoms with Crippen molar-refractivity contribution >= 4 is 57.2 Å². The van der Waals surface area contributed by atoms with Crippen LogP contribution in [0.15, 0.2) is 194 Å². The lowest BCUT2D eigenvalue weighted by molar-refractivity contribution is 0.332. The summed E-state index contributed by atoms with van der Waals surface area (Å²) in [4.78, 5) is 4.97. The minimum atomic E-state index is -2.44. The van der Waals surface area contributed by atoms with Crippen LogP contribution in [0.1, 0.15) is 163 Å². The van der Waals surface area contributed by atoms with Gasteiger partial charge in [0.15, 0.2) is 0 Å². The zero-order valence-corrected chi connectivity index (χ0v) is 49.3. The monoisotopic (exact) mass is 1050 g/mol. The highest BCUT2D eigenvalue weighted by molar-refractivity contribution is 7.00. The minimum Gasteiger partial charge on any atom is -0.311 e. The van der Waals surface area contributed by atoms with Gasteiger partial charge in [-0.3, -0.25) is 0 Å². The zero-order chi connectivity index (χ0) is 58.4. The molecule has 400 valence electrons. The number of anilines is 6. The Morgan fingerprint density at radius 3 is 1.46 bits per heavy atom. The van der Waals surface area contributed by atoms with Gasteiger partial charge in [0.2, 0.25) is 0 Å². The molecule has 0 spiro atoms. The Kier molecular flexibility index (Phi) is 11.1. The molecule has 2 aliphatic carbocycles. The van der Waals surface area contributed by atoms with E-state index in [0.717, 1.165) is 87.5 Å². The Morgan fingerprint density at radius 2 is 0.863 bits per heavy atom. The summed E-state index contributed by atoms with van der Waals surface area (Å²) in [6, 6.07) is 72.1. The first-order valence-corrected chi connectivity index (χ1v) is 29.5. The molecular formula is C77H79BN2. The van der Waals surface area contributed by atoms with E-state index in [-0.39, 0.29) is 39.2 Å². The summed E-state index contributed by atoms with van der Waals surface area (Å²) >= 11 is 0. The fraction of sp³-hybridized carbons (Fsp3) is 0.299. The molecule has 0 bridgehead atoms. The fourth-order valence-corrected chi connectivity index (χ4v) is 14.7. The number of rotatable bonds is 8. The first-order chi connectivity index (χ1) is 39.3. The largest absolute Gasteiger partial charge is 0.311 e. The smallest absolute Gasteiger partial charge is 0.252 e. The average molecular weight is 1050 g/mol. The maximum Gasteiger partial charge on any atom is 0.252 e. The van der Waals surface area contributed by atoms with Crippen molar-refractivity contribution in [1.82, 2.24) is 0 Å². The fourth-order valence-electron chi connectivity index (χ4n) is 14.7. The summed E-state index contributed by atoms with van der Waals surface area (Å²) in [6.45, 7) is 26.0. The summed E-state index contributed by atoms with van der Waals surface area (Å²) < 4.78 is 28.5. The summed E-state index contributed by atoms with van der Waals surface area (Å²) in [5.41, 5.74) is 23.8. The van der Waals surface area contributed by atoms with E-state index in [4.69, 9.17) is 0 Å². The lowest BCUT2D eigenvalue weighted by Crippen LogP contribution is -2.62. The second-order valence-corrected chi connectivity index (χ2v) is 27.7. The number of aryl methyl sites for hydroxylation is 1. The highest BCUT2D eigenvalue weighted by Gasteiger charge is 2.48. The molecule has 9 aromatic carbocycles. The van der Waals surface area contributed by atoms with Gasteiger partial charge in [0, 0.05) is 48.9 Å². The molecule has 80 heavy (non-hydrogen) atoms. The summed E-state index contributed by atoms with van der Waals surface area (Å²) in [7, 11) is 0. The van der Waals surface area contributed by atoms with Crippen molar-refractivity contribution in [3.63, 3.8) is 0 Å². The third-order valence-corrected chi connectivity index (χ3v) is 20.1. The summed E-state index contributed by atoms with van der Waals surface area (Å²) in [6.07, 6.45) is 4.37. The van der Waals surface area contributed by atoms with E-state index in [1.165, 1.54) is 55.4 Å². The lowest BCUT2D eigenvalue weighted by atomic mass is 9.33. The van der Waals surface area contributed by atoms with Gasteiger partial charge in [0.1, 0.15) is 0 Å². The van der Waals surface area contributed by atoms with Crippen LogP contribution in [0, 0.1) is 6.85 Å². The normalized spacial score (nSPS) is 17.9. The molecular weight excluding hydrogens is 964 g/mol. The summed E-state index contributed by atoms with van der Waals surface area (Å²) in [5, 5.41) is 0. The minimum absolute atomic E-state index is 0.0180. The highest BCUT2D eigenvalue weighted by atomic mass is 15.2. The first kappa shape index (κ1) is 48.5. The maximum atomic E-state index is 9.49. The van der Waals surface area contributed by atoms with Crippen LogP contribution < -0.4 is 26.2 Å². The van der Waals surface area contributed by atoms with Crippen molar-refractivity contribution in [3.8, 4) is 22.3 Å². The van der Waals surface area contributed by atoms with Gasteiger partial charge >= 0.3 is 0 Å². The van der Waals surface area contributed by atoms with Gasteiger partial charge in [-0.1, -0.05) is 229 Å². The average Bonchev–Trinajstić information content (AvgIpc) is 0.921. The van der Waals surface area contributed by atoms with Crippen LogP contribution in [0.3, 0.4) is 0 Å². The third-order valence-electron chi connectivity index (χ3n) is 20.1. The molecule has 2 nitrogen and oxygen atoms in total. The predicted octanol–water partition coefficient (Wildman–Crippen LogP) is 18.8. The highest BCUT2D eigenvalue weighted by Crippen LogP contribution is 2.54. The van der Waals surface area contributed by atoms with Crippen LogP contribution in [-0.4, -0.2) is 6.71 Å². The Balaban J connectivity index is 1.18. The molecule has 0 amide bonds. The van der Waals surface area contributed by atoms with Crippen LogP contribution in [0.5, 0.6) is 0 Å². The maximum absolute atomic E-state index is 9.49. The molecule has 0 N–H and O–H groups in total. The molecule has 2 heterocycles. The third kappa shape index (κ3) is 8.18. The molecule has 0 fully saturated rings. The van der Waals surface area contributed by atoms with Crippen molar-refractivity contribution in [3.05, 3.63) is 244 Å². The topological polar surface area (TPSA) is 6.48 Å². The van der Waals surface area contributed by atoms with E-state index < -0.39 is 6.85 Å². The standard InChI is InChI=1S/C77H79BN2/c1-50-43-69-71-70(44-50)80(66-38-34-54(76(10,11)52-27-19-15-20-28-52)45-59(66)58-32-24-23-31-57(58)51-25-17-14-18-26-51)67-46-55(77(12,13)53-29-21-16-22-30-53)33-37-64(67)78(71)65-48-62-63(75(8,9)42-41-74(62,6)7)49-68(65)79(69)56-35-36-60-61(47-56)73(4,5)40-39-72(60,2)3/h14-38,43-49H,39-42H2,1-13H3/i1D3. The number of benzene rings is 9. The quantitative estimate of drug-likeness (QED) is 0.140. The van der Waals surface area contributed by atoms with Gasteiger partial charge in [-0.15, -0.1) is 0 Å². The number of hydrogen-bond acceptors (Lipinski definition) is 2. The number of nitrogens with zero attached hydrogens (tertiary/aromatic N) is 2. The van der Waals surface area contributed by atoms with Crippen molar-refractivity contribution in [1.29, 1.82) is 0 Å². The van der Waals surface area contributed by atoms with Gasteiger partial charge < -0.3 is 9.80 Å². The van der Waals surface area contributed by atoms with Gasteiger partial charge in [-0.2, -0.15) is 0 Å². The van der Waals surface area contributed by atoms with E-state index in [0.29, 0.717) is 5.56 Å². The number of fused-ring (bicyclic) bond motifs is 6. The molecule has 0 atom stereocenters. The van der Waals surface area contributed by atoms with Crippen molar-refractivity contribution < 1.29 is 4.11 Å². The molecule has 9 aromatic rings. The van der Waals surface area contributed by atoms with Gasteiger partial charge in [-0.25, -0.2) is 0 Å². The molecule has 0 unspecified atom stereocenters.